The lowest BCUT2D eigenvalue weighted by molar-refractivity contribution is 0.172. The molecule has 1 heterocycles. The van der Waals surface area contributed by atoms with Gasteiger partial charge in [0.2, 0.25) is 0 Å². The number of aliphatic hydroxyl groups is 1. The number of hydrogen-bond acceptors (Lipinski definition) is 4. The molecule has 0 bridgehead atoms. The van der Waals surface area contributed by atoms with Gasteiger partial charge in [-0.15, -0.1) is 0 Å². The Morgan fingerprint density at radius 2 is 1.84 bits per heavy atom. The van der Waals surface area contributed by atoms with Gasteiger partial charge < -0.3 is 15.5 Å². The van der Waals surface area contributed by atoms with Crippen molar-refractivity contribution in [2.24, 2.45) is 0 Å². The van der Waals surface area contributed by atoms with E-state index in [4.69, 9.17) is 0 Å². The van der Waals surface area contributed by atoms with Crippen LogP contribution in [0.15, 0.2) is 42.5 Å². The number of aliphatic hydroxyl groups excluding tert-OH is 1. The fraction of sp³-hybridized carbons (Fsp3) is 0.429. The molecule has 0 aromatic heterocycles. The quantitative estimate of drug-likeness (QED) is 0.757. The van der Waals surface area contributed by atoms with Crippen LogP contribution in [0.3, 0.4) is 0 Å². The van der Waals surface area contributed by atoms with Gasteiger partial charge in [0.25, 0.3) is 0 Å². The number of nitrogens with one attached hydrogen (secondary N) is 1. The number of nitrogens with zero attached hydrogens (tertiary/aromatic N) is 1. The summed E-state index contributed by atoms with van der Waals surface area (Å²) in [5.74, 6) is 0.350. The van der Waals surface area contributed by atoms with Crippen LogP contribution < -0.4 is 5.32 Å². The number of aryl methyl sites for hydroxylation is 2. The summed E-state index contributed by atoms with van der Waals surface area (Å²) in [7, 11) is 0. The van der Waals surface area contributed by atoms with Crippen molar-refractivity contribution in [1.82, 2.24) is 10.2 Å². The normalized spacial score (nSPS) is 20.9. The molecule has 1 aliphatic rings. The number of phenols is 1. The Hall–Kier alpha value is -1.88. The van der Waals surface area contributed by atoms with Crippen LogP contribution in [0.1, 0.15) is 28.7 Å². The maximum atomic E-state index is 10.1. The van der Waals surface area contributed by atoms with Crippen molar-refractivity contribution < 1.29 is 10.2 Å². The van der Waals surface area contributed by atoms with Gasteiger partial charge in [0.15, 0.2) is 0 Å². The van der Waals surface area contributed by atoms with E-state index in [0.29, 0.717) is 18.3 Å². The zero-order valence-electron chi connectivity index (χ0n) is 15.1. The Balaban J connectivity index is 1.57. The van der Waals surface area contributed by atoms with Gasteiger partial charge >= 0.3 is 0 Å². The number of benzene rings is 2. The van der Waals surface area contributed by atoms with Crippen LogP contribution >= 0.6 is 0 Å². The van der Waals surface area contributed by atoms with Crippen LogP contribution in [-0.4, -0.2) is 40.3 Å². The Morgan fingerprint density at radius 3 is 2.60 bits per heavy atom. The molecule has 134 valence electrons. The molecule has 2 aromatic rings. The van der Waals surface area contributed by atoms with Crippen LogP contribution in [0.25, 0.3) is 0 Å². The van der Waals surface area contributed by atoms with Gasteiger partial charge in [-0.1, -0.05) is 36.4 Å². The predicted molar refractivity (Wildman–Crippen MR) is 101 cm³/mol. The summed E-state index contributed by atoms with van der Waals surface area (Å²) in [5.41, 5.74) is 4.50. The monoisotopic (exact) mass is 340 g/mol. The predicted octanol–water partition coefficient (Wildman–Crippen LogP) is 2.73. The summed E-state index contributed by atoms with van der Waals surface area (Å²) in [5, 5.41) is 23.6. The highest BCUT2D eigenvalue weighted by molar-refractivity contribution is 5.40. The molecule has 0 amide bonds. The fourth-order valence-electron chi connectivity index (χ4n) is 3.56. The highest BCUT2D eigenvalue weighted by atomic mass is 16.3. The second-order valence-corrected chi connectivity index (χ2v) is 7.15. The number of hydrogen-bond donors (Lipinski definition) is 3. The molecule has 4 nitrogen and oxygen atoms in total. The standard InChI is InChI=1S/C21H28N2O2/c1-15-8-18(21(25)9-16(15)2)11-22-12-19-10-20(24)14-23(19)13-17-6-4-3-5-7-17/h3-9,19-20,22,24-25H,10-14H2,1-2H3. The second kappa shape index (κ2) is 8.00. The summed E-state index contributed by atoms with van der Waals surface area (Å²) in [6.45, 7) is 7.09. The van der Waals surface area contributed by atoms with Crippen molar-refractivity contribution in [2.45, 2.75) is 45.5 Å². The van der Waals surface area contributed by atoms with E-state index in [1.54, 1.807) is 0 Å². The molecule has 0 radical (unpaired) electrons. The van der Waals surface area contributed by atoms with E-state index < -0.39 is 0 Å². The number of likely N-dealkylation sites (tertiary alicyclic amines) is 1. The maximum absolute atomic E-state index is 10.1. The Labute approximate surface area is 150 Å². The Bertz CT molecular complexity index is 703. The maximum Gasteiger partial charge on any atom is 0.120 e. The van der Waals surface area contributed by atoms with E-state index in [1.165, 1.54) is 11.1 Å². The highest BCUT2D eigenvalue weighted by Gasteiger charge is 2.30. The average molecular weight is 340 g/mol. The molecule has 2 atom stereocenters. The van der Waals surface area contributed by atoms with Gasteiger partial charge in [-0.05, 0) is 43.0 Å². The fourth-order valence-corrected chi connectivity index (χ4v) is 3.56. The van der Waals surface area contributed by atoms with E-state index in [9.17, 15) is 10.2 Å². The second-order valence-electron chi connectivity index (χ2n) is 7.15. The Kier molecular flexibility index (Phi) is 5.74. The molecule has 0 spiro atoms. The van der Waals surface area contributed by atoms with Gasteiger partial charge in [-0.25, -0.2) is 0 Å². The molecule has 4 heteroatoms. The summed E-state index contributed by atoms with van der Waals surface area (Å²) in [6, 6.07) is 14.6. The van der Waals surface area contributed by atoms with Gasteiger partial charge in [0.05, 0.1) is 6.10 Å². The van der Waals surface area contributed by atoms with Crippen molar-refractivity contribution in [3.8, 4) is 5.75 Å². The third-order valence-electron chi connectivity index (χ3n) is 5.12. The summed E-state index contributed by atoms with van der Waals surface area (Å²) in [6.07, 6.45) is 0.532. The minimum absolute atomic E-state index is 0.259. The average Bonchev–Trinajstić information content (AvgIpc) is 2.92. The largest absolute Gasteiger partial charge is 0.508 e. The molecular weight excluding hydrogens is 312 g/mol. The first kappa shape index (κ1) is 17.9. The molecule has 1 saturated heterocycles. The first-order valence-corrected chi connectivity index (χ1v) is 8.99. The summed E-state index contributed by atoms with van der Waals surface area (Å²) >= 11 is 0. The van der Waals surface area contributed by atoms with Crippen molar-refractivity contribution in [2.75, 3.05) is 13.1 Å². The lowest BCUT2D eigenvalue weighted by Gasteiger charge is -2.24. The number of β-amino-alcohol motifs (C(OH)–C–C–N with tert-alkyl or cyclic N) is 1. The molecule has 1 aliphatic heterocycles. The van der Waals surface area contributed by atoms with Crippen LogP contribution in [-0.2, 0) is 13.1 Å². The molecule has 0 aliphatic carbocycles. The van der Waals surface area contributed by atoms with Crippen molar-refractivity contribution >= 4 is 0 Å². The van der Waals surface area contributed by atoms with E-state index in [1.807, 2.05) is 25.1 Å². The van der Waals surface area contributed by atoms with Crippen molar-refractivity contribution in [3.63, 3.8) is 0 Å². The number of aromatic hydroxyl groups is 1. The van der Waals surface area contributed by atoms with Crippen LogP contribution in [0.2, 0.25) is 0 Å². The van der Waals surface area contributed by atoms with Gasteiger partial charge in [-0.2, -0.15) is 0 Å². The molecule has 3 rings (SSSR count). The van der Waals surface area contributed by atoms with Gasteiger partial charge in [0.1, 0.15) is 5.75 Å². The van der Waals surface area contributed by atoms with Gasteiger partial charge in [-0.3, -0.25) is 4.90 Å². The third kappa shape index (κ3) is 4.60. The van der Waals surface area contributed by atoms with E-state index >= 15 is 0 Å². The molecule has 2 unspecified atom stereocenters. The first-order chi connectivity index (χ1) is 12.0. The minimum Gasteiger partial charge on any atom is -0.508 e. The van der Waals surface area contributed by atoms with Crippen LogP contribution in [0.5, 0.6) is 5.75 Å². The highest BCUT2D eigenvalue weighted by Crippen LogP contribution is 2.23. The SMILES string of the molecule is Cc1cc(O)c(CNCC2CC(O)CN2Cc2ccccc2)cc1C. The molecule has 1 fully saturated rings. The topological polar surface area (TPSA) is 55.7 Å². The van der Waals surface area contributed by atoms with Crippen molar-refractivity contribution in [3.05, 3.63) is 64.7 Å². The van der Waals surface area contributed by atoms with Crippen molar-refractivity contribution in [1.29, 1.82) is 0 Å². The summed E-state index contributed by atoms with van der Waals surface area (Å²) in [4.78, 5) is 2.34. The molecule has 25 heavy (non-hydrogen) atoms. The van der Waals surface area contributed by atoms with Gasteiger partial charge in [0, 0.05) is 37.8 Å². The van der Waals surface area contributed by atoms with Crippen LogP contribution in [0.4, 0.5) is 0 Å². The molecule has 3 N–H and O–H groups in total. The lowest BCUT2D eigenvalue weighted by Crippen LogP contribution is -2.37. The molecular formula is C21H28N2O2. The zero-order valence-corrected chi connectivity index (χ0v) is 15.1. The first-order valence-electron chi connectivity index (χ1n) is 8.99. The number of phenolic OH excluding ortho intramolecular Hbond substituents is 1. The Morgan fingerprint density at radius 1 is 1.12 bits per heavy atom. The smallest absolute Gasteiger partial charge is 0.120 e. The molecule has 2 aromatic carbocycles. The van der Waals surface area contributed by atoms with E-state index in [0.717, 1.165) is 37.2 Å². The third-order valence-corrected chi connectivity index (χ3v) is 5.12. The lowest BCUT2D eigenvalue weighted by atomic mass is 10.0. The van der Waals surface area contributed by atoms with Crippen LogP contribution in [0, 0.1) is 13.8 Å². The minimum atomic E-state index is -0.259. The van der Waals surface area contributed by atoms with E-state index in [2.05, 4.69) is 41.4 Å². The molecule has 0 saturated carbocycles. The number of rotatable bonds is 6. The van der Waals surface area contributed by atoms with E-state index in [-0.39, 0.29) is 6.10 Å². The zero-order chi connectivity index (χ0) is 17.8. The summed E-state index contributed by atoms with van der Waals surface area (Å²) < 4.78 is 0.